The van der Waals surface area contributed by atoms with E-state index in [0.717, 1.165) is 25.8 Å². The van der Waals surface area contributed by atoms with Crippen molar-refractivity contribution in [3.05, 3.63) is 52.0 Å². The van der Waals surface area contributed by atoms with Crippen LogP contribution in [-0.4, -0.2) is 40.5 Å². The van der Waals surface area contributed by atoms with Gasteiger partial charge >= 0.3 is 5.97 Å². The lowest BCUT2D eigenvalue weighted by Crippen LogP contribution is -2.41. The summed E-state index contributed by atoms with van der Waals surface area (Å²) < 4.78 is 11.5. The number of rotatable bonds is 3. The zero-order valence-corrected chi connectivity index (χ0v) is 17.4. The van der Waals surface area contributed by atoms with Gasteiger partial charge in [0.2, 0.25) is 11.8 Å². The van der Waals surface area contributed by atoms with E-state index in [0.29, 0.717) is 38.2 Å². The van der Waals surface area contributed by atoms with Crippen molar-refractivity contribution >= 4 is 46.2 Å². The van der Waals surface area contributed by atoms with Crippen LogP contribution in [0.1, 0.15) is 36.0 Å². The van der Waals surface area contributed by atoms with Gasteiger partial charge in [0.15, 0.2) is 5.58 Å². The second-order valence-corrected chi connectivity index (χ2v) is 8.53. The van der Waals surface area contributed by atoms with E-state index in [9.17, 15) is 9.59 Å². The summed E-state index contributed by atoms with van der Waals surface area (Å²) in [6.45, 7) is 0.748. The molecule has 2 fully saturated rings. The van der Waals surface area contributed by atoms with Crippen molar-refractivity contribution in [2.75, 3.05) is 6.54 Å². The Labute approximate surface area is 182 Å². The van der Waals surface area contributed by atoms with Crippen molar-refractivity contribution in [2.24, 2.45) is 0 Å². The molecule has 30 heavy (non-hydrogen) atoms. The van der Waals surface area contributed by atoms with Gasteiger partial charge in [-0.25, -0.2) is 9.78 Å². The quantitative estimate of drug-likeness (QED) is 0.524. The van der Waals surface area contributed by atoms with Crippen LogP contribution in [0.25, 0.3) is 22.6 Å². The largest absolute Gasteiger partial charge is 0.456 e. The summed E-state index contributed by atoms with van der Waals surface area (Å²) in [7, 11) is 0. The van der Waals surface area contributed by atoms with E-state index in [4.69, 9.17) is 32.4 Å². The average Bonchev–Trinajstić information content (AvgIpc) is 3.28. The highest BCUT2D eigenvalue weighted by Crippen LogP contribution is 2.32. The van der Waals surface area contributed by atoms with E-state index in [1.807, 2.05) is 4.90 Å². The average molecular weight is 445 g/mol. The van der Waals surface area contributed by atoms with Crippen LogP contribution in [0.3, 0.4) is 0 Å². The zero-order valence-electron chi connectivity index (χ0n) is 15.9. The number of fused-ring (bicyclic) bond motifs is 2. The van der Waals surface area contributed by atoms with Crippen LogP contribution in [0, 0.1) is 0 Å². The van der Waals surface area contributed by atoms with E-state index >= 15 is 0 Å². The molecule has 0 N–H and O–H groups in total. The summed E-state index contributed by atoms with van der Waals surface area (Å²) in [6.07, 6.45) is 2.77. The molecule has 2 aliphatic rings. The lowest BCUT2D eigenvalue weighted by atomic mass is 10.0. The molecule has 2 atom stereocenters. The van der Waals surface area contributed by atoms with Crippen LogP contribution >= 0.6 is 23.2 Å². The normalized spacial score (nSPS) is 21.1. The summed E-state index contributed by atoms with van der Waals surface area (Å²) in [6, 6.07) is 10.00. The topological polar surface area (TPSA) is 72.6 Å². The van der Waals surface area contributed by atoms with Gasteiger partial charge in [0.25, 0.3) is 0 Å². The van der Waals surface area contributed by atoms with E-state index in [1.54, 1.807) is 36.4 Å². The Hall–Kier alpha value is -2.57. The third kappa shape index (κ3) is 3.55. The van der Waals surface area contributed by atoms with Crippen molar-refractivity contribution in [2.45, 2.75) is 37.8 Å². The molecule has 2 saturated heterocycles. The Morgan fingerprint density at radius 2 is 1.93 bits per heavy atom. The summed E-state index contributed by atoms with van der Waals surface area (Å²) in [4.78, 5) is 31.2. The molecule has 8 heteroatoms. The molecule has 0 saturated carbocycles. The van der Waals surface area contributed by atoms with Gasteiger partial charge in [-0.15, -0.1) is 0 Å². The van der Waals surface area contributed by atoms with Crippen LogP contribution in [0.5, 0.6) is 0 Å². The molecule has 6 nitrogen and oxygen atoms in total. The maximum Gasteiger partial charge on any atom is 0.338 e. The molecule has 3 aromatic rings. The first-order chi connectivity index (χ1) is 14.5. The Morgan fingerprint density at radius 1 is 1.13 bits per heavy atom. The van der Waals surface area contributed by atoms with Gasteiger partial charge in [0.1, 0.15) is 11.6 Å². The molecule has 0 radical (unpaired) electrons. The number of halogens is 2. The van der Waals surface area contributed by atoms with Crippen LogP contribution in [-0.2, 0) is 9.53 Å². The van der Waals surface area contributed by atoms with Gasteiger partial charge in [0.05, 0.1) is 18.0 Å². The second-order valence-electron chi connectivity index (χ2n) is 7.66. The Kier molecular flexibility index (Phi) is 4.91. The number of carbonyl (C=O) groups excluding carboxylic acids is 2. The maximum atomic E-state index is 12.7. The molecule has 0 aliphatic carbocycles. The third-order valence-corrected chi connectivity index (χ3v) is 6.10. The first-order valence-electron chi connectivity index (χ1n) is 9.85. The van der Waals surface area contributed by atoms with Gasteiger partial charge in [-0.1, -0.05) is 23.2 Å². The fourth-order valence-corrected chi connectivity index (χ4v) is 4.78. The minimum absolute atomic E-state index is 0.0107. The molecule has 0 bridgehead atoms. The number of piperidine rings is 1. The predicted octanol–water partition coefficient (Wildman–Crippen LogP) is 5.11. The molecule has 1 amide bonds. The SMILES string of the molecule is O=C(OC1CC(=O)N2CCCCC12)c1ccc2nc(-c3cc(Cl)cc(Cl)c3)oc2c1. The Morgan fingerprint density at radius 3 is 2.73 bits per heavy atom. The minimum atomic E-state index is -0.467. The molecule has 2 unspecified atom stereocenters. The molecular weight excluding hydrogens is 427 g/mol. The van der Waals surface area contributed by atoms with Crippen molar-refractivity contribution in [3.63, 3.8) is 0 Å². The fraction of sp³-hybridized carbons (Fsp3) is 0.318. The summed E-state index contributed by atoms with van der Waals surface area (Å²) in [5.41, 5.74) is 2.07. The van der Waals surface area contributed by atoms with Gasteiger partial charge in [0, 0.05) is 22.2 Å². The molecule has 154 valence electrons. The van der Waals surface area contributed by atoms with E-state index < -0.39 is 12.1 Å². The molecule has 3 heterocycles. The predicted molar refractivity (Wildman–Crippen MR) is 113 cm³/mol. The fourth-order valence-electron chi connectivity index (χ4n) is 4.26. The van der Waals surface area contributed by atoms with Crippen molar-refractivity contribution in [3.8, 4) is 11.5 Å². The summed E-state index contributed by atoms with van der Waals surface area (Å²) >= 11 is 12.1. The highest BCUT2D eigenvalue weighted by atomic mass is 35.5. The molecule has 2 aliphatic heterocycles. The number of aromatic nitrogens is 1. The molecule has 2 aromatic carbocycles. The summed E-state index contributed by atoms with van der Waals surface area (Å²) in [5.74, 6) is -0.0435. The highest BCUT2D eigenvalue weighted by Gasteiger charge is 2.43. The first-order valence-corrected chi connectivity index (χ1v) is 10.6. The van der Waals surface area contributed by atoms with Crippen LogP contribution < -0.4 is 0 Å². The molecule has 5 rings (SSSR count). The standard InChI is InChI=1S/C22H18Cl2N2O4/c23-14-7-13(8-15(24)10-14)21-25-16-5-4-12(9-18(16)29-21)22(28)30-19-11-20(27)26-6-2-1-3-17(19)26/h4-5,7-10,17,19H,1-3,6,11H2. The Bertz CT molecular complexity index is 1140. The monoisotopic (exact) mass is 444 g/mol. The van der Waals surface area contributed by atoms with Gasteiger partial charge < -0.3 is 14.1 Å². The Balaban J connectivity index is 1.38. The minimum Gasteiger partial charge on any atom is -0.456 e. The zero-order chi connectivity index (χ0) is 20.8. The third-order valence-electron chi connectivity index (χ3n) is 5.67. The number of oxazole rings is 1. The molecule has 0 spiro atoms. The van der Waals surface area contributed by atoms with E-state index in [2.05, 4.69) is 4.98 Å². The van der Waals surface area contributed by atoms with Crippen LogP contribution in [0.15, 0.2) is 40.8 Å². The first kappa shape index (κ1) is 19.4. The number of hydrogen-bond donors (Lipinski definition) is 0. The number of benzene rings is 2. The van der Waals surface area contributed by atoms with Crippen LogP contribution in [0.4, 0.5) is 0 Å². The lowest BCUT2D eigenvalue weighted by molar-refractivity contribution is -0.129. The smallest absolute Gasteiger partial charge is 0.338 e. The van der Waals surface area contributed by atoms with Crippen molar-refractivity contribution in [1.29, 1.82) is 0 Å². The maximum absolute atomic E-state index is 12.7. The number of hydrogen-bond acceptors (Lipinski definition) is 5. The number of amides is 1. The van der Waals surface area contributed by atoms with Gasteiger partial charge in [-0.2, -0.15) is 0 Å². The number of esters is 1. The second kappa shape index (κ2) is 7.60. The summed E-state index contributed by atoms with van der Waals surface area (Å²) in [5, 5.41) is 0.957. The highest BCUT2D eigenvalue weighted by molar-refractivity contribution is 6.35. The number of ether oxygens (including phenoxy) is 1. The van der Waals surface area contributed by atoms with Gasteiger partial charge in [-0.05, 0) is 55.7 Å². The number of carbonyl (C=O) groups is 2. The lowest BCUT2D eigenvalue weighted by Gasteiger charge is -2.31. The van der Waals surface area contributed by atoms with E-state index in [-0.39, 0.29) is 18.4 Å². The van der Waals surface area contributed by atoms with Gasteiger partial charge in [-0.3, -0.25) is 4.79 Å². The van der Waals surface area contributed by atoms with Crippen LogP contribution in [0.2, 0.25) is 10.0 Å². The molecular formula is C22H18Cl2N2O4. The van der Waals surface area contributed by atoms with E-state index in [1.165, 1.54) is 0 Å². The number of nitrogens with zero attached hydrogens (tertiary/aromatic N) is 2. The van der Waals surface area contributed by atoms with Crippen molar-refractivity contribution in [1.82, 2.24) is 9.88 Å². The molecule has 1 aromatic heterocycles. The van der Waals surface area contributed by atoms with Crippen molar-refractivity contribution < 1.29 is 18.7 Å².